The highest BCUT2D eigenvalue weighted by molar-refractivity contribution is 6.07. The van der Waals surface area contributed by atoms with E-state index < -0.39 is 5.63 Å². The predicted molar refractivity (Wildman–Crippen MR) is 91.3 cm³/mol. The molecule has 0 aliphatic carbocycles. The van der Waals surface area contributed by atoms with Crippen LogP contribution in [0.1, 0.15) is 26.3 Å². The molecule has 0 bridgehead atoms. The van der Waals surface area contributed by atoms with E-state index in [9.17, 15) is 9.18 Å². The van der Waals surface area contributed by atoms with Gasteiger partial charge in [0.1, 0.15) is 11.4 Å². The average Bonchev–Trinajstić information content (AvgIpc) is 2.44. The van der Waals surface area contributed by atoms with Gasteiger partial charge in [0.05, 0.1) is 10.9 Å². The second-order valence-electron chi connectivity index (χ2n) is 6.65. The van der Waals surface area contributed by atoms with Gasteiger partial charge in [-0.25, -0.2) is 9.18 Å². The lowest BCUT2D eigenvalue weighted by Crippen LogP contribution is -2.31. The zero-order valence-corrected chi connectivity index (χ0v) is 13.2. The fraction of sp³-hybridized carbons (Fsp3) is 0.211. The van der Waals surface area contributed by atoms with Gasteiger partial charge in [0, 0.05) is 28.1 Å². The summed E-state index contributed by atoms with van der Waals surface area (Å²) in [6, 6.07) is 7.93. The summed E-state index contributed by atoms with van der Waals surface area (Å²) in [5.41, 5.74) is 2.94. The van der Waals surface area contributed by atoms with Crippen molar-refractivity contribution in [2.45, 2.75) is 26.3 Å². The highest BCUT2D eigenvalue weighted by atomic mass is 19.1. The Morgan fingerprint density at radius 3 is 2.65 bits per heavy atom. The Labute approximate surface area is 132 Å². The number of rotatable bonds is 0. The minimum atomic E-state index is -0.449. The van der Waals surface area contributed by atoms with Crippen molar-refractivity contribution in [2.75, 3.05) is 5.32 Å². The predicted octanol–water partition coefficient (Wildman–Crippen LogP) is 4.69. The van der Waals surface area contributed by atoms with Crippen molar-refractivity contribution in [3.63, 3.8) is 0 Å². The van der Waals surface area contributed by atoms with Crippen LogP contribution in [0.5, 0.6) is 0 Å². The smallest absolute Gasteiger partial charge is 0.344 e. The van der Waals surface area contributed by atoms with Gasteiger partial charge < -0.3 is 9.73 Å². The van der Waals surface area contributed by atoms with Crippen molar-refractivity contribution >= 4 is 33.0 Å². The molecule has 23 heavy (non-hydrogen) atoms. The second-order valence-corrected chi connectivity index (χ2v) is 6.65. The minimum Gasteiger partial charge on any atom is -0.422 e. The molecule has 0 fully saturated rings. The first-order chi connectivity index (χ1) is 10.8. The fourth-order valence-corrected chi connectivity index (χ4v) is 3.38. The molecule has 2 aromatic carbocycles. The van der Waals surface area contributed by atoms with E-state index in [1.165, 1.54) is 18.2 Å². The van der Waals surface area contributed by atoms with Crippen LogP contribution in [0.2, 0.25) is 0 Å². The number of allylic oxidation sites excluding steroid dienone is 1. The van der Waals surface area contributed by atoms with Crippen LogP contribution in [0.15, 0.2) is 45.6 Å². The summed E-state index contributed by atoms with van der Waals surface area (Å²) < 4.78 is 19.1. The van der Waals surface area contributed by atoms with Crippen LogP contribution in [-0.4, -0.2) is 5.54 Å². The molecule has 1 aliphatic heterocycles. The molecule has 0 saturated heterocycles. The fourth-order valence-electron chi connectivity index (χ4n) is 3.38. The lowest BCUT2D eigenvalue weighted by Gasteiger charge is -2.31. The monoisotopic (exact) mass is 309 g/mol. The van der Waals surface area contributed by atoms with Crippen molar-refractivity contribution in [3.05, 3.63) is 58.2 Å². The van der Waals surface area contributed by atoms with E-state index in [0.29, 0.717) is 16.4 Å². The van der Waals surface area contributed by atoms with Crippen LogP contribution >= 0.6 is 0 Å². The third-order valence-corrected chi connectivity index (χ3v) is 4.27. The molecule has 0 saturated carbocycles. The Hall–Kier alpha value is -2.62. The number of hydrogen-bond acceptors (Lipinski definition) is 3. The summed E-state index contributed by atoms with van der Waals surface area (Å²) in [7, 11) is 0. The first-order valence-electron chi connectivity index (χ1n) is 7.52. The number of anilines is 1. The largest absolute Gasteiger partial charge is 0.422 e. The standard InChI is InChI=1S/C19H16FNO2/c1-10-9-19(2,3)21-16-8-17-15(7-13(10)16)14-6-11(20)4-5-12(14)18(22)23-17/h4-9,21H,1-3H3. The first-order valence-corrected chi connectivity index (χ1v) is 7.52. The van der Waals surface area contributed by atoms with Crippen LogP contribution in [0.25, 0.3) is 27.3 Å². The Bertz CT molecular complexity index is 1060. The van der Waals surface area contributed by atoms with Crippen molar-refractivity contribution in [1.82, 2.24) is 0 Å². The van der Waals surface area contributed by atoms with Gasteiger partial charge in [-0.1, -0.05) is 6.08 Å². The van der Waals surface area contributed by atoms with Gasteiger partial charge in [0.15, 0.2) is 0 Å². The average molecular weight is 309 g/mol. The van der Waals surface area contributed by atoms with E-state index in [2.05, 4.69) is 32.2 Å². The molecule has 4 rings (SSSR count). The van der Waals surface area contributed by atoms with Gasteiger partial charge in [0.2, 0.25) is 0 Å². The maximum Gasteiger partial charge on any atom is 0.344 e. The Morgan fingerprint density at radius 2 is 1.87 bits per heavy atom. The molecule has 0 amide bonds. The molecule has 1 aliphatic rings. The summed E-state index contributed by atoms with van der Waals surface area (Å²) in [4.78, 5) is 12.1. The van der Waals surface area contributed by atoms with Crippen LogP contribution in [-0.2, 0) is 0 Å². The zero-order chi connectivity index (χ0) is 16.4. The van der Waals surface area contributed by atoms with Gasteiger partial charge in [-0.05, 0) is 50.6 Å². The molecule has 3 aromatic rings. The van der Waals surface area contributed by atoms with Crippen LogP contribution in [0.3, 0.4) is 0 Å². The van der Waals surface area contributed by atoms with E-state index in [1.54, 1.807) is 0 Å². The normalized spacial score (nSPS) is 16.1. The quantitative estimate of drug-likeness (QED) is 0.484. The third-order valence-electron chi connectivity index (χ3n) is 4.27. The van der Waals surface area contributed by atoms with E-state index >= 15 is 0 Å². The summed E-state index contributed by atoms with van der Waals surface area (Å²) in [6.07, 6.45) is 2.16. The number of nitrogens with one attached hydrogen (secondary N) is 1. The van der Waals surface area contributed by atoms with Gasteiger partial charge in [-0.15, -0.1) is 0 Å². The number of fused-ring (bicyclic) bond motifs is 4. The molecule has 0 atom stereocenters. The molecule has 0 spiro atoms. The van der Waals surface area contributed by atoms with Crippen LogP contribution < -0.4 is 10.9 Å². The molecule has 1 N–H and O–H groups in total. The highest BCUT2D eigenvalue weighted by Crippen LogP contribution is 2.37. The van der Waals surface area contributed by atoms with Crippen molar-refractivity contribution in [3.8, 4) is 0 Å². The number of benzene rings is 2. The van der Waals surface area contributed by atoms with Gasteiger partial charge >= 0.3 is 5.63 Å². The number of hydrogen-bond donors (Lipinski definition) is 1. The highest BCUT2D eigenvalue weighted by Gasteiger charge is 2.23. The lowest BCUT2D eigenvalue weighted by molar-refractivity contribution is 0.569. The van der Waals surface area contributed by atoms with Crippen molar-refractivity contribution in [2.24, 2.45) is 0 Å². The molecule has 0 unspecified atom stereocenters. The van der Waals surface area contributed by atoms with E-state index in [1.807, 2.05) is 12.1 Å². The third kappa shape index (κ3) is 2.13. The molecule has 116 valence electrons. The van der Waals surface area contributed by atoms with E-state index in [4.69, 9.17) is 4.42 Å². The lowest BCUT2D eigenvalue weighted by atomic mass is 9.90. The Balaban J connectivity index is 2.14. The molecule has 1 aromatic heterocycles. The molecule has 2 heterocycles. The van der Waals surface area contributed by atoms with Gasteiger partial charge in [0.25, 0.3) is 0 Å². The molecule has 3 nitrogen and oxygen atoms in total. The van der Waals surface area contributed by atoms with Crippen molar-refractivity contribution < 1.29 is 8.81 Å². The molecule has 4 heteroatoms. The summed E-state index contributed by atoms with van der Waals surface area (Å²) >= 11 is 0. The SMILES string of the molecule is CC1=CC(C)(C)Nc2cc3oc(=O)c4ccc(F)cc4c3cc21. The Kier molecular flexibility index (Phi) is 2.71. The second kappa shape index (κ2) is 4.44. The van der Waals surface area contributed by atoms with E-state index in [0.717, 1.165) is 22.2 Å². The maximum atomic E-state index is 13.7. The van der Waals surface area contributed by atoms with Gasteiger partial charge in [-0.3, -0.25) is 0 Å². The maximum absolute atomic E-state index is 13.7. The zero-order valence-electron chi connectivity index (χ0n) is 13.2. The van der Waals surface area contributed by atoms with Gasteiger partial charge in [-0.2, -0.15) is 0 Å². The molecule has 0 radical (unpaired) electrons. The molecular weight excluding hydrogens is 293 g/mol. The molecular formula is C19H16FNO2. The summed E-state index contributed by atoms with van der Waals surface area (Å²) in [5, 5.41) is 5.14. The number of halogens is 1. The Morgan fingerprint density at radius 1 is 1.09 bits per heavy atom. The topological polar surface area (TPSA) is 42.2 Å². The van der Waals surface area contributed by atoms with Crippen LogP contribution in [0.4, 0.5) is 10.1 Å². The minimum absolute atomic E-state index is 0.173. The van der Waals surface area contributed by atoms with E-state index in [-0.39, 0.29) is 11.4 Å². The van der Waals surface area contributed by atoms with Crippen molar-refractivity contribution in [1.29, 1.82) is 0 Å². The summed E-state index contributed by atoms with van der Waals surface area (Å²) in [6.45, 7) is 6.21. The first kappa shape index (κ1) is 14.0. The van der Waals surface area contributed by atoms with Crippen LogP contribution in [0, 0.1) is 5.82 Å². The summed E-state index contributed by atoms with van der Waals surface area (Å²) in [5.74, 6) is -0.367.